The Morgan fingerprint density at radius 2 is 2.19 bits per heavy atom. The molecule has 3 aromatic rings. The van der Waals surface area contributed by atoms with Gasteiger partial charge < -0.3 is 9.14 Å². The molecule has 0 aliphatic heterocycles. The van der Waals surface area contributed by atoms with Gasteiger partial charge in [-0.2, -0.15) is 0 Å². The summed E-state index contributed by atoms with van der Waals surface area (Å²) in [5, 5.41) is 0. The first kappa shape index (κ1) is 13.3. The predicted molar refractivity (Wildman–Crippen MR) is 75.4 cm³/mol. The molecule has 0 amide bonds. The first-order valence-corrected chi connectivity index (χ1v) is 6.49. The quantitative estimate of drug-likeness (QED) is 0.694. The van der Waals surface area contributed by atoms with Gasteiger partial charge in [-0.1, -0.05) is 12.1 Å². The van der Waals surface area contributed by atoms with Gasteiger partial charge in [0.15, 0.2) is 5.69 Å². The average Bonchev–Trinajstić information content (AvgIpc) is 2.88. The Morgan fingerprint density at radius 1 is 1.33 bits per heavy atom. The van der Waals surface area contributed by atoms with Crippen molar-refractivity contribution in [2.45, 2.75) is 13.5 Å². The summed E-state index contributed by atoms with van der Waals surface area (Å²) in [5.41, 5.74) is 2.58. The maximum Gasteiger partial charge on any atom is 0.358 e. The first-order valence-electron chi connectivity index (χ1n) is 6.49. The van der Waals surface area contributed by atoms with E-state index in [9.17, 15) is 9.18 Å². The monoisotopic (exact) mass is 284 g/mol. The minimum Gasteiger partial charge on any atom is -0.456 e. The summed E-state index contributed by atoms with van der Waals surface area (Å²) in [6, 6.07) is 9.76. The van der Waals surface area contributed by atoms with Crippen LogP contribution in [0.15, 0.2) is 48.8 Å². The lowest BCUT2D eigenvalue weighted by molar-refractivity contribution is 0.0466. The van der Waals surface area contributed by atoms with Crippen molar-refractivity contribution in [1.29, 1.82) is 0 Å². The number of carbonyl (C=O) groups excluding carboxylic acids is 1. The molecule has 0 atom stereocenters. The van der Waals surface area contributed by atoms with Crippen LogP contribution < -0.4 is 0 Å². The van der Waals surface area contributed by atoms with E-state index in [1.54, 1.807) is 22.7 Å². The predicted octanol–water partition coefficient (Wildman–Crippen LogP) is 3.14. The zero-order chi connectivity index (χ0) is 14.8. The second-order valence-electron chi connectivity index (χ2n) is 4.80. The van der Waals surface area contributed by atoms with Gasteiger partial charge >= 0.3 is 5.97 Å². The number of rotatable bonds is 3. The van der Waals surface area contributed by atoms with E-state index in [-0.39, 0.29) is 18.1 Å². The Hall–Kier alpha value is -2.69. The number of fused-ring (bicyclic) bond motifs is 1. The van der Waals surface area contributed by atoms with Crippen molar-refractivity contribution in [1.82, 2.24) is 9.38 Å². The van der Waals surface area contributed by atoms with Crippen molar-refractivity contribution in [3.8, 4) is 0 Å². The van der Waals surface area contributed by atoms with Gasteiger partial charge in [-0.3, -0.25) is 0 Å². The van der Waals surface area contributed by atoms with Crippen molar-refractivity contribution in [3.63, 3.8) is 0 Å². The van der Waals surface area contributed by atoms with Crippen molar-refractivity contribution in [3.05, 3.63) is 71.4 Å². The van der Waals surface area contributed by atoms with Crippen LogP contribution >= 0.6 is 0 Å². The Balaban J connectivity index is 1.74. The number of halogens is 1. The third-order valence-electron chi connectivity index (χ3n) is 3.08. The maximum atomic E-state index is 13.0. The van der Waals surface area contributed by atoms with Crippen molar-refractivity contribution >= 4 is 11.6 Å². The van der Waals surface area contributed by atoms with E-state index < -0.39 is 5.97 Å². The minimum absolute atomic E-state index is 0.0174. The largest absolute Gasteiger partial charge is 0.456 e. The van der Waals surface area contributed by atoms with Gasteiger partial charge in [-0.15, -0.1) is 0 Å². The molecule has 0 aliphatic carbocycles. The maximum absolute atomic E-state index is 13.0. The van der Waals surface area contributed by atoms with E-state index in [0.29, 0.717) is 11.2 Å². The molecule has 0 radical (unpaired) electrons. The molecule has 0 fully saturated rings. The first-order chi connectivity index (χ1) is 10.1. The summed E-state index contributed by atoms with van der Waals surface area (Å²) in [7, 11) is 0. The number of carbonyl (C=O) groups is 1. The fourth-order valence-corrected chi connectivity index (χ4v) is 2.03. The van der Waals surface area contributed by atoms with Gasteiger partial charge in [0.05, 0.1) is 0 Å². The number of aryl methyl sites for hydroxylation is 1. The smallest absolute Gasteiger partial charge is 0.358 e. The van der Waals surface area contributed by atoms with Gasteiger partial charge in [-0.25, -0.2) is 14.2 Å². The molecule has 0 saturated heterocycles. The van der Waals surface area contributed by atoms with Gasteiger partial charge in [0.25, 0.3) is 0 Å². The molecular formula is C16H13FN2O2. The molecule has 0 unspecified atom stereocenters. The highest BCUT2D eigenvalue weighted by atomic mass is 19.1. The summed E-state index contributed by atoms with van der Waals surface area (Å²) < 4.78 is 19.9. The zero-order valence-electron chi connectivity index (χ0n) is 11.4. The van der Waals surface area contributed by atoms with Crippen LogP contribution in [0, 0.1) is 12.7 Å². The molecule has 106 valence electrons. The lowest BCUT2D eigenvalue weighted by Crippen LogP contribution is -2.05. The molecule has 0 N–H and O–H groups in total. The van der Waals surface area contributed by atoms with Crippen LogP contribution in [-0.2, 0) is 11.3 Å². The second-order valence-corrected chi connectivity index (χ2v) is 4.80. The molecule has 2 heterocycles. The molecule has 21 heavy (non-hydrogen) atoms. The number of hydrogen-bond acceptors (Lipinski definition) is 3. The Labute approximate surface area is 120 Å². The van der Waals surface area contributed by atoms with Crippen LogP contribution in [0.5, 0.6) is 0 Å². The molecule has 0 spiro atoms. The Kier molecular flexibility index (Phi) is 3.39. The molecule has 3 rings (SSSR count). The molecule has 2 aromatic heterocycles. The molecule has 1 aromatic carbocycles. The van der Waals surface area contributed by atoms with Crippen molar-refractivity contribution in [2.24, 2.45) is 0 Å². The number of benzene rings is 1. The van der Waals surface area contributed by atoms with Gasteiger partial charge in [0.1, 0.15) is 18.1 Å². The SMILES string of the molecule is Cc1ccn2cc(C(=O)OCc3cccc(F)c3)nc2c1. The lowest BCUT2D eigenvalue weighted by Gasteiger charge is -2.02. The number of ether oxygens (including phenoxy) is 1. The van der Waals surface area contributed by atoms with Crippen LogP contribution in [0.4, 0.5) is 4.39 Å². The molecule has 4 nitrogen and oxygen atoms in total. The lowest BCUT2D eigenvalue weighted by atomic mass is 10.2. The number of imidazole rings is 1. The summed E-state index contributed by atoms with van der Waals surface area (Å²) in [6.45, 7) is 1.97. The fourth-order valence-electron chi connectivity index (χ4n) is 2.03. The molecular weight excluding hydrogens is 271 g/mol. The Bertz CT molecular complexity index is 811. The third kappa shape index (κ3) is 2.91. The number of aromatic nitrogens is 2. The normalized spacial score (nSPS) is 10.8. The standard InChI is InChI=1S/C16H13FN2O2/c1-11-5-6-19-9-14(18-15(19)7-11)16(20)21-10-12-3-2-4-13(17)8-12/h2-9H,10H2,1H3. The second kappa shape index (κ2) is 5.36. The van der Waals surface area contributed by atoms with Crippen LogP contribution in [0.25, 0.3) is 5.65 Å². The van der Waals surface area contributed by atoms with E-state index in [1.165, 1.54) is 12.1 Å². The van der Waals surface area contributed by atoms with Crippen molar-refractivity contribution in [2.75, 3.05) is 0 Å². The summed E-state index contributed by atoms with van der Waals surface area (Å²) >= 11 is 0. The minimum atomic E-state index is -0.527. The van der Waals surface area contributed by atoms with Crippen LogP contribution in [0.1, 0.15) is 21.6 Å². The van der Waals surface area contributed by atoms with E-state index in [1.807, 2.05) is 25.3 Å². The van der Waals surface area contributed by atoms with Crippen LogP contribution in [0.3, 0.4) is 0 Å². The van der Waals surface area contributed by atoms with Crippen LogP contribution in [-0.4, -0.2) is 15.4 Å². The van der Waals surface area contributed by atoms with Crippen molar-refractivity contribution < 1.29 is 13.9 Å². The van der Waals surface area contributed by atoms with Gasteiger partial charge in [-0.05, 0) is 42.3 Å². The van der Waals surface area contributed by atoms with Gasteiger partial charge in [0.2, 0.25) is 0 Å². The van der Waals surface area contributed by atoms with Gasteiger partial charge in [0, 0.05) is 12.4 Å². The summed E-state index contributed by atoms with van der Waals surface area (Å²) in [6.07, 6.45) is 3.45. The Morgan fingerprint density at radius 3 is 3.00 bits per heavy atom. The average molecular weight is 284 g/mol. The summed E-state index contributed by atoms with van der Waals surface area (Å²) in [5.74, 6) is -0.882. The van der Waals surface area contributed by atoms with E-state index in [0.717, 1.165) is 5.56 Å². The topological polar surface area (TPSA) is 43.6 Å². The zero-order valence-corrected chi connectivity index (χ0v) is 11.4. The summed E-state index contributed by atoms with van der Waals surface area (Å²) in [4.78, 5) is 16.2. The number of hydrogen-bond donors (Lipinski definition) is 0. The number of esters is 1. The molecule has 0 saturated carbocycles. The highest BCUT2D eigenvalue weighted by Crippen LogP contribution is 2.10. The third-order valence-corrected chi connectivity index (χ3v) is 3.08. The number of nitrogens with zero attached hydrogens (tertiary/aromatic N) is 2. The van der Waals surface area contributed by atoms with E-state index in [4.69, 9.17) is 4.74 Å². The molecule has 0 bridgehead atoms. The van der Waals surface area contributed by atoms with E-state index >= 15 is 0 Å². The van der Waals surface area contributed by atoms with Crippen LogP contribution in [0.2, 0.25) is 0 Å². The number of pyridine rings is 1. The fraction of sp³-hybridized carbons (Fsp3) is 0.125. The highest BCUT2D eigenvalue weighted by molar-refractivity contribution is 5.88. The molecule has 0 aliphatic rings. The highest BCUT2D eigenvalue weighted by Gasteiger charge is 2.12. The van der Waals surface area contributed by atoms with E-state index in [2.05, 4.69) is 4.98 Å². The molecule has 5 heteroatoms.